The van der Waals surface area contributed by atoms with Crippen molar-refractivity contribution in [3.8, 4) is 5.75 Å². The fourth-order valence-electron chi connectivity index (χ4n) is 2.71. The number of thioether (sulfide) groups is 1. The molecule has 2 heterocycles. The fourth-order valence-corrected chi connectivity index (χ4v) is 3.82. The van der Waals surface area contributed by atoms with Crippen LogP contribution in [0.25, 0.3) is 0 Å². The second-order valence-corrected chi connectivity index (χ2v) is 7.61. The number of ether oxygens (including phenoxy) is 2. The highest BCUT2D eigenvalue weighted by Crippen LogP contribution is 2.39. The van der Waals surface area contributed by atoms with Gasteiger partial charge in [-0.25, -0.2) is 4.79 Å². The smallest absolute Gasteiger partial charge is 0.373 e. The van der Waals surface area contributed by atoms with E-state index in [0.717, 1.165) is 23.8 Å². The molecule has 1 fully saturated rings. The van der Waals surface area contributed by atoms with E-state index < -0.39 is 5.97 Å². The Morgan fingerprint density at radius 3 is 2.86 bits per heavy atom. The highest BCUT2D eigenvalue weighted by atomic mass is 35.5. The Labute approximate surface area is 171 Å². The molecule has 1 saturated carbocycles. The summed E-state index contributed by atoms with van der Waals surface area (Å²) in [6, 6.07) is 11.1. The maximum Gasteiger partial charge on any atom is 0.373 e. The average Bonchev–Trinajstić information content (AvgIpc) is 3.29. The number of halogens is 1. The number of furan rings is 1. The van der Waals surface area contributed by atoms with Crippen LogP contribution in [0.4, 0.5) is 0 Å². The number of nitrogens with zero attached hydrogens (tertiary/aromatic N) is 3. The lowest BCUT2D eigenvalue weighted by atomic mass is 10.3. The normalized spacial score (nSPS) is 13.5. The number of esters is 1. The Hall–Kier alpha value is -2.45. The molecule has 1 aliphatic carbocycles. The third-order valence-corrected chi connectivity index (χ3v) is 5.51. The summed E-state index contributed by atoms with van der Waals surface area (Å²) in [5.74, 6) is 2.29. The molecule has 4 rings (SSSR count). The zero-order chi connectivity index (χ0) is 19.5. The fraction of sp³-hybridized carbons (Fsp3) is 0.316. The first-order chi connectivity index (χ1) is 13.7. The molecule has 1 aliphatic rings. The van der Waals surface area contributed by atoms with E-state index in [1.54, 1.807) is 18.2 Å². The van der Waals surface area contributed by atoms with E-state index in [1.807, 2.05) is 18.2 Å². The zero-order valence-electron chi connectivity index (χ0n) is 15.1. The van der Waals surface area contributed by atoms with Crippen molar-refractivity contribution in [3.05, 3.63) is 58.8 Å². The molecule has 7 nitrogen and oxygen atoms in total. The SMILES string of the molecule is COC(=O)c1ccc(CSc2nnc(COc3ccccc3Cl)n2C2CC2)o1. The van der Waals surface area contributed by atoms with E-state index in [9.17, 15) is 4.79 Å². The van der Waals surface area contributed by atoms with Crippen molar-refractivity contribution >= 4 is 29.3 Å². The van der Waals surface area contributed by atoms with E-state index in [4.69, 9.17) is 20.8 Å². The van der Waals surface area contributed by atoms with Gasteiger partial charge in [-0.05, 0) is 37.1 Å². The van der Waals surface area contributed by atoms with Gasteiger partial charge in [0, 0.05) is 6.04 Å². The second kappa shape index (κ2) is 8.28. The summed E-state index contributed by atoms with van der Waals surface area (Å²) >= 11 is 7.66. The van der Waals surface area contributed by atoms with Crippen LogP contribution in [-0.4, -0.2) is 27.8 Å². The van der Waals surface area contributed by atoms with Crippen LogP contribution in [0.3, 0.4) is 0 Å². The molecule has 0 spiro atoms. The number of rotatable bonds is 8. The molecule has 0 saturated heterocycles. The van der Waals surface area contributed by atoms with Crippen LogP contribution >= 0.6 is 23.4 Å². The Balaban J connectivity index is 1.44. The van der Waals surface area contributed by atoms with E-state index in [0.29, 0.717) is 34.9 Å². The van der Waals surface area contributed by atoms with Gasteiger partial charge in [0.15, 0.2) is 11.0 Å². The maximum atomic E-state index is 11.5. The Morgan fingerprint density at radius 1 is 1.29 bits per heavy atom. The molecule has 0 aliphatic heterocycles. The van der Waals surface area contributed by atoms with Gasteiger partial charge in [-0.1, -0.05) is 35.5 Å². The van der Waals surface area contributed by atoms with E-state index in [1.165, 1.54) is 18.9 Å². The Kier molecular flexibility index (Phi) is 5.59. The lowest BCUT2D eigenvalue weighted by Gasteiger charge is -2.10. The molecule has 0 bridgehead atoms. The van der Waals surface area contributed by atoms with Crippen LogP contribution in [-0.2, 0) is 17.1 Å². The minimum Gasteiger partial charge on any atom is -0.484 e. The van der Waals surface area contributed by atoms with Crippen molar-refractivity contribution in [1.82, 2.24) is 14.8 Å². The number of para-hydroxylation sites is 1. The summed E-state index contributed by atoms with van der Waals surface area (Å²) in [6.45, 7) is 0.293. The van der Waals surface area contributed by atoms with E-state index >= 15 is 0 Å². The maximum absolute atomic E-state index is 11.5. The van der Waals surface area contributed by atoms with Crippen molar-refractivity contribution in [3.63, 3.8) is 0 Å². The number of carbonyl (C=O) groups is 1. The summed E-state index contributed by atoms with van der Waals surface area (Å²) in [4.78, 5) is 11.5. The Morgan fingerprint density at radius 2 is 2.11 bits per heavy atom. The first kappa shape index (κ1) is 18.9. The van der Waals surface area contributed by atoms with E-state index in [-0.39, 0.29) is 5.76 Å². The first-order valence-corrected chi connectivity index (χ1v) is 10.1. The van der Waals surface area contributed by atoms with Gasteiger partial charge in [-0.2, -0.15) is 0 Å². The lowest BCUT2D eigenvalue weighted by Crippen LogP contribution is -2.07. The number of benzene rings is 1. The zero-order valence-corrected chi connectivity index (χ0v) is 16.7. The van der Waals surface area contributed by atoms with Crippen molar-refractivity contribution in [1.29, 1.82) is 0 Å². The molecule has 28 heavy (non-hydrogen) atoms. The number of hydrogen-bond donors (Lipinski definition) is 0. The molecule has 0 unspecified atom stereocenters. The van der Waals surface area contributed by atoms with Crippen molar-refractivity contribution in [2.75, 3.05) is 7.11 Å². The molecule has 9 heteroatoms. The summed E-state index contributed by atoms with van der Waals surface area (Å²) in [5.41, 5.74) is 0. The molecule has 1 aromatic carbocycles. The van der Waals surface area contributed by atoms with Crippen LogP contribution in [0, 0.1) is 0 Å². The van der Waals surface area contributed by atoms with Gasteiger partial charge < -0.3 is 13.9 Å². The summed E-state index contributed by atoms with van der Waals surface area (Å²) in [7, 11) is 1.32. The lowest BCUT2D eigenvalue weighted by molar-refractivity contribution is 0.0563. The molecule has 0 amide bonds. The van der Waals surface area contributed by atoms with Gasteiger partial charge in [-0.3, -0.25) is 4.57 Å². The third kappa shape index (κ3) is 4.18. The van der Waals surface area contributed by atoms with Crippen molar-refractivity contribution < 1.29 is 18.7 Å². The Bertz CT molecular complexity index is 983. The molecule has 3 aromatic rings. The van der Waals surface area contributed by atoms with Crippen LogP contribution in [0.15, 0.2) is 46.0 Å². The topological polar surface area (TPSA) is 79.4 Å². The molecule has 2 aromatic heterocycles. The molecular weight excluding hydrogens is 402 g/mol. The van der Waals surface area contributed by atoms with Gasteiger partial charge in [-0.15, -0.1) is 10.2 Å². The van der Waals surface area contributed by atoms with Gasteiger partial charge in [0.05, 0.1) is 17.9 Å². The molecule has 0 atom stereocenters. The summed E-state index contributed by atoms with van der Waals surface area (Å²) in [5, 5.41) is 9.98. The predicted octanol–water partition coefficient (Wildman–Crippen LogP) is 4.52. The van der Waals surface area contributed by atoms with E-state index in [2.05, 4.69) is 19.5 Å². The number of carbonyl (C=O) groups excluding carboxylic acids is 1. The standard InChI is InChI=1S/C19H18ClN3O4S/c1-25-18(24)16-9-8-13(27-16)11-28-19-22-21-17(23(19)12-6-7-12)10-26-15-5-3-2-4-14(15)20/h2-5,8-9,12H,6-7,10-11H2,1H3. The van der Waals surface area contributed by atoms with Gasteiger partial charge >= 0.3 is 5.97 Å². The number of aromatic nitrogens is 3. The monoisotopic (exact) mass is 419 g/mol. The summed E-state index contributed by atoms with van der Waals surface area (Å²) in [6.07, 6.45) is 2.19. The minimum absolute atomic E-state index is 0.190. The highest BCUT2D eigenvalue weighted by molar-refractivity contribution is 7.98. The highest BCUT2D eigenvalue weighted by Gasteiger charge is 2.30. The molecule has 0 radical (unpaired) electrons. The molecular formula is C19H18ClN3O4S. The minimum atomic E-state index is -0.489. The van der Waals surface area contributed by atoms with Gasteiger partial charge in [0.1, 0.15) is 18.1 Å². The van der Waals surface area contributed by atoms with Crippen LogP contribution in [0.5, 0.6) is 5.75 Å². The van der Waals surface area contributed by atoms with Gasteiger partial charge in [0.25, 0.3) is 0 Å². The van der Waals surface area contributed by atoms with Crippen LogP contribution in [0.1, 0.15) is 41.0 Å². The quantitative estimate of drug-likeness (QED) is 0.392. The first-order valence-electron chi connectivity index (χ1n) is 8.76. The summed E-state index contributed by atoms with van der Waals surface area (Å²) < 4.78 is 18.1. The molecule has 0 N–H and O–H groups in total. The number of methoxy groups -OCH3 is 1. The van der Waals surface area contributed by atoms with Crippen molar-refractivity contribution in [2.24, 2.45) is 0 Å². The van der Waals surface area contributed by atoms with Crippen LogP contribution in [0.2, 0.25) is 5.02 Å². The van der Waals surface area contributed by atoms with Crippen LogP contribution < -0.4 is 4.74 Å². The number of hydrogen-bond acceptors (Lipinski definition) is 7. The van der Waals surface area contributed by atoms with Crippen molar-refractivity contribution in [2.45, 2.75) is 36.4 Å². The average molecular weight is 420 g/mol. The predicted molar refractivity (Wildman–Crippen MR) is 104 cm³/mol. The van der Waals surface area contributed by atoms with Gasteiger partial charge in [0.2, 0.25) is 5.76 Å². The third-order valence-electron chi connectivity index (χ3n) is 4.23. The largest absolute Gasteiger partial charge is 0.484 e. The second-order valence-electron chi connectivity index (χ2n) is 6.27. The molecule has 146 valence electrons.